The quantitative estimate of drug-likeness (QED) is 0.901. The molecule has 0 aromatic carbocycles. The molecule has 6 heterocycles. The van der Waals surface area contributed by atoms with E-state index in [1.165, 1.54) is 25.9 Å². The SMILES string of the molecule is c1cncc(-c2cc(NC3=NCC4(CN5CCC4CC5)O3)ncn2)c1. The van der Waals surface area contributed by atoms with Gasteiger partial charge in [-0.05, 0) is 38.1 Å². The number of piperidine rings is 3. The molecular formula is C18H20N6O. The van der Waals surface area contributed by atoms with Crippen LogP contribution in [0.2, 0.25) is 0 Å². The minimum Gasteiger partial charge on any atom is -0.455 e. The van der Waals surface area contributed by atoms with Crippen molar-refractivity contribution in [1.29, 1.82) is 0 Å². The van der Waals surface area contributed by atoms with Gasteiger partial charge in [-0.3, -0.25) is 15.2 Å². The van der Waals surface area contributed by atoms with E-state index in [1.807, 2.05) is 18.2 Å². The van der Waals surface area contributed by atoms with Gasteiger partial charge in [-0.2, -0.15) is 0 Å². The molecule has 6 rings (SSSR count). The highest BCUT2D eigenvalue weighted by Crippen LogP contribution is 2.40. The highest BCUT2D eigenvalue weighted by atomic mass is 16.5. The number of fused-ring (bicyclic) bond motifs is 2. The summed E-state index contributed by atoms with van der Waals surface area (Å²) in [5.74, 6) is 1.29. The van der Waals surface area contributed by atoms with E-state index in [0.29, 0.717) is 17.8 Å². The van der Waals surface area contributed by atoms with Crippen LogP contribution in [0.15, 0.2) is 41.9 Å². The van der Waals surface area contributed by atoms with Crippen molar-refractivity contribution in [2.45, 2.75) is 18.4 Å². The maximum Gasteiger partial charge on any atom is 0.291 e. The Bertz CT molecular complexity index is 802. The van der Waals surface area contributed by atoms with Gasteiger partial charge >= 0.3 is 0 Å². The van der Waals surface area contributed by atoms with Crippen LogP contribution in [-0.2, 0) is 4.74 Å². The van der Waals surface area contributed by atoms with E-state index in [9.17, 15) is 0 Å². The summed E-state index contributed by atoms with van der Waals surface area (Å²) in [6, 6.07) is 6.34. The number of hydrogen-bond donors (Lipinski definition) is 1. The summed E-state index contributed by atoms with van der Waals surface area (Å²) in [6.07, 6.45) is 7.50. The van der Waals surface area contributed by atoms with Crippen LogP contribution in [0.3, 0.4) is 0 Å². The number of aromatic nitrogens is 3. The first kappa shape index (κ1) is 14.8. The second-order valence-electron chi connectivity index (χ2n) is 6.99. The first-order chi connectivity index (χ1) is 12.3. The van der Waals surface area contributed by atoms with Crippen LogP contribution in [-0.4, -0.2) is 57.7 Å². The molecule has 0 radical (unpaired) electrons. The standard InChI is InChI=1S/C18H20N6O/c1-2-13(9-19-5-1)15-8-16(22-12-21-15)23-17-20-10-18(25-17)11-24-6-3-14(18)4-7-24/h1-2,5,8-9,12,14H,3-4,6-7,10-11H2,(H,20,21,22,23). The first-order valence-corrected chi connectivity index (χ1v) is 8.76. The third kappa shape index (κ3) is 2.64. The molecule has 3 saturated heterocycles. The summed E-state index contributed by atoms with van der Waals surface area (Å²) in [4.78, 5) is 19.9. The Morgan fingerprint density at radius 2 is 2.16 bits per heavy atom. The normalized spacial score (nSPS) is 30.2. The van der Waals surface area contributed by atoms with Crippen LogP contribution in [0.1, 0.15) is 12.8 Å². The van der Waals surface area contributed by atoms with Gasteiger partial charge in [0, 0.05) is 36.5 Å². The molecule has 2 aromatic heterocycles. The topological polar surface area (TPSA) is 75.5 Å². The van der Waals surface area contributed by atoms with Gasteiger partial charge in [-0.25, -0.2) is 15.0 Å². The number of aliphatic imine (C=N–C) groups is 1. The summed E-state index contributed by atoms with van der Waals surface area (Å²) in [5, 5.41) is 3.22. The Morgan fingerprint density at radius 3 is 2.92 bits per heavy atom. The summed E-state index contributed by atoms with van der Waals surface area (Å²) >= 11 is 0. The lowest BCUT2D eigenvalue weighted by atomic mass is 9.75. The van der Waals surface area contributed by atoms with Crippen molar-refractivity contribution in [3.8, 4) is 11.3 Å². The fourth-order valence-electron chi connectivity index (χ4n) is 4.15. The Labute approximate surface area is 146 Å². The molecule has 128 valence electrons. The zero-order chi connectivity index (χ0) is 16.7. The zero-order valence-electron chi connectivity index (χ0n) is 13.9. The summed E-state index contributed by atoms with van der Waals surface area (Å²) in [5.41, 5.74) is 1.63. The number of amidine groups is 1. The lowest BCUT2D eigenvalue weighted by Gasteiger charge is -2.50. The van der Waals surface area contributed by atoms with E-state index in [0.717, 1.165) is 24.3 Å². The van der Waals surface area contributed by atoms with Gasteiger partial charge in [0.05, 0.1) is 12.2 Å². The van der Waals surface area contributed by atoms with Crippen molar-refractivity contribution in [2.24, 2.45) is 10.9 Å². The summed E-state index contributed by atoms with van der Waals surface area (Å²) < 4.78 is 6.30. The molecule has 7 heteroatoms. The highest BCUT2D eigenvalue weighted by Gasteiger charge is 2.51. The van der Waals surface area contributed by atoms with Crippen molar-refractivity contribution in [1.82, 2.24) is 19.9 Å². The molecule has 0 saturated carbocycles. The number of pyridine rings is 1. The molecule has 0 aliphatic carbocycles. The second-order valence-corrected chi connectivity index (χ2v) is 6.99. The van der Waals surface area contributed by atoms with Crippen molar-refractivity contribution in [2.75, 3.05) is 31.5 Å². The number of nitrogens with zero attached hydrogens (tertiary/aromatic N) is 5. The number of rotatable bonds is 2. The number of ether oxygens (including phenoxy) is 1. The molecule has 1 spiro atoms. The molecule has 7 nitrogen and oxygen atoms in total. The van der Waals surface area contributed by atoms with Gasteiger partial charge < -0.3 is 4.74 Å². The van der Waals surface area contributed by atoms with Crippen LogP contribution in [0.4, 0.5) is 5.82 Å². The molecule has 1 unspecified atom stereocenters. The maximum absolute atomic E-state index is 6.30. The molecule has 2 bridgehead atoms. The molecule has 2 aromatic rings. The van der Waals surface area contributed by atoms with E-state index < -0.39 is 0 Å². The molecular weight excluding hydrogens is 316 g/mol. The fraction of sp³-hybridized carbons (Fsp3) is 0.444. The minimum absolute atomic E-state index is 0.141. The average molecular weight is 336 g/mol. The van der Waals surface area contributed by atoms with Crippen LogP contribution in [0.25, 0.3) is 11.3 Å². The van der Waals surface area contributed by atoms with Gasteiger partial charge in [0.25, 0.3) is 6.02 Å². The van der Waals surface area contributed by atoms with Crippen molar-refractivity contribution in [3.63, 3.8) is 0 Å². The van der Waals surface area contributed by atoms with E-state index in [-0.39, 0.29) is 5.60 Å². The monoisotopic (exact) mass is 336 g/mol. The van der Waals surface area contributed by atoms with E-state index in [4.69, 9.17) is 4.74 Å². The van der Waals surface area contributed by atoms with E-state index in [2.05, 4.69) is 30.2 Å². The fourth-order valence-corrected chi connectivity index (χ4v) is 4.15. The molecule has 4 aliphatic heterocycles. The van der Waals surface area contributed by atoms with Crippen molar-refractivity contribution < 1.29 is 4.74 Å². The molecule has 0 amide bonds. The predicted molar refractivity (Wildman–Crippen MR) is 94.2 cm³/mol. The van der Waals surface area contributed by atoms with Gasteiger partial charge in [-0.1, -0.05) is 0 Å². The highest BCUT2D eigenvalue weighted by molar-refractivity contribution is 5.90. The molecule has 25 heavy (non-hydrogen) atoms. The second kappa shape index (κ2) is 5.77. The summed E-state index contributed by atoms with van der Waals surface area (Å²) in [6.45, 7) is 4.10. The van der Waals surface area contributed by atoms with Crippen LogP contribution in [0, 0.1) is 5.92 Å². The van der Waals surface area contributed by atoms with Crippen molar-refractivity contribution >= 4 is 11.8 Å². The van der Waals surface area contributed by atoms with Gasteiger partial charge in [-0.15, -0.1) is 0 Å². The Morgan fingerprint density at radius 1 is 1.24 bits per heavy atom. The largest absolute Gasteiger partial charge is 0.455 e. The van der Waals surface area contributed by atoms with Crippen LogP contribution >= 0.6 is 0 Å². The minimum atomic E-state index is -0.141. The lowest BCUT2D eigenvalue weighted by Crippen LogP contribution is -2.61. The lowest BCUT2D eigenvalue weighted by molar-refractivity contribution is -0.0829. The Hall–Kier alpha value is -2.54. The third-order valence-electron chi connectivity index (χ3n) is 5.47. The molecule has 3 fully saturated rings. The third-order valence-corrected chi connectivity index (χ3v) is 5.47. The number of nitrogens with one attached hydrogen (secondary N) is 1. The van der Waals surface area contributed by atoms with Gasteiger partial charge in [0.2, 0.25) is 0 Å². The average Bonchev–Trinajstić information content (AvgIpc) is 3.05. The van der Waals surface area contributed by atoms with E-state index >= 15 is 0 Å². The van der Waals surface area contributed by atoms with Crippen LogP contribution in [0.5, 0.6) is 0 Å². The first-order valence-electron chi connectivity index (χ1n) is 8.76. The van der Waals surface area contributed by atoms with Crippen LogP contribution < -0.4 is 5.32 Å². The maximum atomic E-state index is 6.30. The number of anilines is 1. The van der Waals surface area contributed by atoms with E-state index in [1.54, 1.807) is 18.7 Å². The van der Waals surface area contributed by atoms with Crippen molar-refractivity contribution in [3.05, 3.63) is 36.9 Å². The van der Waals surface area contributed by atoms with Gasteiger partial charge in [0.15, 0.2) is 0 Å². The molecule has 1 N–H and O–H groups in total. The Balaban J connectivity index is 1.32. The number of hydrogen-bond acceptors (Lipinski definition) is 7. The van der Waals surface area contributed by atoms with Gasteiger partial charge in [0.1, 0.15) is 17.7 Å². The summed E-state index contributed by atoms with van der Waals surface area (Å²) in [7, 11) is 0. The smallest absolute Gasteiger partial charge is 0.291 e. The molecule has 1 atom stereocenters. The predicted octanol–water partition coefficient (Wildman–Crippen LogP) is 1.80. The molecule has 4 aliphatic rings. The zero-order valence-corrected chi connectivity index (χ0v) is 13.9. The Kier molecular flexibility index (Phi) is 3.41.